The van der Waals surface area contributed by atoms with Crippen molar-refractivity contribution in [2.45, 2.75) is 25.2 Å². The van der Waals surface area contributed by atoms with Crippen molar-refractivity contribution < 1.29 is 17.9 Å². The van der Waals surface area contributed by atoms with Crippen LogP contribution in [-0.4, -0.2) is 19.2 Å². The summed E-state index contributed by atoms with van der Waals surface area (Å²) in [5.74, 6) is 0. The zero-order chi connectivity index (χ0) is 12.3. The van der Waals surface area contributed by atoms with E-state index in [0.29, 0.717) is 18.2 Å². The number of ether oxygens (including phenoxy) is 1. The van der Waals surface area contributed by atoms with Gasteiger partial charge in [-0.3, -0.25) is 0 Å². The summed E-state index contributed by atoms with van der Waals surface area (Å²) in [6.07, 6.45) is -3.21. The third-order valence-corrected chi connectivity index (χ3v) is 2.77. The van der Waals surface area contributed by atoms with Gasteiger partial charge < -0.3 is 10.1 Å². The van der Waals surface area contributed by atoms with E-state index in [1.54, 1.807) is 6.07 Å². The molecule has 1 fully saturated rings. The van der Waals surface area contributed by atoms with Crippen molar-refractivity contribution in [3.8, 4) is 0 Å². The van der Waals surface area contributed by atoms with Gasteiger partial charge in [0.2, 0.25) is 0 Å². The lowest BCUT2D eigenvalue weighted by Gasteiger charge is -2.27. The maximum absolute atomic E-state index is 12.4. The minimum Gasteiger partial charge on any atom is -0.375 e. The van der Waals surface area contributed by atoms with E-state index in [4.69, 9.17) is 4.74 Å². The molecular formula is C12H14F3NO. The molecule has 0 bridgehead atoms. The molecule has 2 nitrogen and oxygen atoms in total. The number of alkyl halides is 3. The molecule has 0 spiro atoms. The molecule has 94 valence electrons. The van der Waals surface area contributed by atoms with Gasteiger partial charge in [-0.05, 0) is 30.7 Å². The summed E-state index contributed by atoms with van der Waals surface area (Å²) in [6, 6.07) is 5.61. The molecule has 1 aliphatic rings. The first-order valence-corrected chi connectivity index (χ1v) is 5.53. The first kappa shape index (κ1) is 12.4. The molecule has 1 heterocycles. The van der Waals surface area contributed by atoms with Crippen molar-refractivity contribution in [1.82, 2.24) is 5.32 Å². The minimum absolute atomic E-state index is 0.224. The van der Waals surface area contributed by atoms with Crippen molar-refractivity contribution in [3.05, 3.63) is 35.4 Å². The number of nitrogens with one attached hydrogen (secondary N) is 1. The molecule has 1 N–H and O–H groups in total. The topological polar surface area (TPSA) is 21.3 Å². The van der Waals surface area contributed by atoms with E-state index in [9.17, 15) is 13.2 Å². The van der Waals surface area contributed by atoms with Crippen molar-refractivity contribution in [2.75, 3.05) is 13.2 Å². The van der Waals surface area contributed by atoms with Gasteiger partial charge in [0.05, 0.1) is 18.8 Å². The van der Waals surface area contributed by atoms with Crippen LogP contribution in [-0.2, 0) is 17.5 Å². The Hall–Kier alpha value is -1.07. The number of hydrogen-bond acceptors (Lipinski definition) is 2. The summed E-state index contributed by atoms with van der Waals surface area (Å²) in [7, 11) is 0. The molecular weight excluding hydrogens is 231 g/mol. The van der Waals surface area contributed by atoms with Gasteiger partial charge in [-0.25, -0.2) is 0 Å². The van der Waals surface area contributed by atoms with Gasteiger partial charge in [0.25, 0.3) is 0 Å². The maximum atomic E-state index is 12.4. The highest BCUT2D eigenvalue weighted by Crippen LogP contribution is 2.29. The molecule has 1 atom stereocenters. The molecule has 2 rings (SSSR count). The fourth-order valence-electron chi connectivity index (χ4n) is 1.65. The monoisotopic (exact) mass is 245 g/mol. The Balaban J connectivity index is 1.87. The number of rotatable bonds is 4. The Morgan fingerprint density at radius 2 is 2.12 bits per heavy atom. The largest absolute Gasteiger partial charge is 0.416 e. The van der Waals surface area contributed by atoms with Gasteiger partial charge in [-0.1, -0.05) is 12.1 Å². The Morgan fingerprint density at radius 1 is 1.35 bits per heavy atom. The van der Waals surface area contributed by atoms with E-state index < -0.39 is 11.7 Å². The third-order valence-electron chi connectivity index (χ3n) is 2.77. The van der Waals surface area contributed by atoms with E-state index in [1.165, 1.54) is 6.07 Å². The van der Waals surface area contributed by atoms with Crippen LogP contribution in [0.4, 0.5) is 13.2 Å². The quantitative estimate of drug-likeness (QED) is 0.880. The predicted octanol–water partition coefficient (Wildman–Crippen LogP) is 2.58. The Labute approximate surface area is 97.8 Å². The van der Waals surface area contributed by atoms with Crippen LogP contribution in [0, 0.1) is 0 Å². The second-order valence-corrected chi connectivity index (χ2v) is 4.15. The van der Waals surface area contributed by atoms with E-state index in [0.717, 1.165) is 25.1 Å². The van der Waals surface area contributed by atoms with Crippen LogP contribution in [0.15, 0.2) is 24.3 Å². The maximum Gasteiger partial charge on any atom is 0.416 e. The van der Waals surface area contributed by atoms with Crippen LogP contribution in [0.1, 0.15) is 17.5 Å². The second kappa shape index (κ2) is 5.06. The lowest BCUT2D eigenvalue weighted by molar-refractivity contribution is -0.137. The molecule has 0 aliphatic carbocycles. The SMILES string of the molecule is FC(F)(F)c1cccc(COCC2CCN2)c1. The summed E-state index contributed by atoms with van der Waals surface area (Å²) in [4.78, 5) is 0. The molecule has 0 saturated carbocycles. The standard InChI is InChI=1S/C12H14F3NO/c13-12(14,15)10-3-1-2-9(6-10)7-17-8-11-4-5-16-11/h1-3,6,11,16H,4-5,7-8H2. The fraction of sp³-hybridized carbons (Fsp3) is 0.500. The highest BCUT2D eigenvalue weighted by molar-refractivity contribution is 5.25. The van der Waals surface area contributed by atoms with Crippen LogP contribution >= 0.6 is 0 Å². The van der Waals surface area contributed by atoms with Crippen LogP contribution in [0.3, 0.4) is 0 Å². The summed E-state index contributed by atoms with van der Waals surface area (Å²) in [5.41, 5.74) is -0.0699. The summed E-state index contributed by atoms with van der Waals surface area (Å²) in [5, 5.41) is 3.16. The molecule has 0 radical (unpaired) electrons. The van der Waals surface area contributed by atoms with Gasteiger partial charge in [-0.15, -0.1) is 0 Å². The van der Waals surface area contributed by atoms with Gasteiger partial charge in [-0.2, -0.15) is 13.2 Å². The predicted molar refractivity (Wildman–Crippen MR) is 57.5 cm³/mol. The number of halogens is 3. The Morgan fingerprint density at radius 3 is 2.71 bits per heavy atom. The van der Waals surface area contributed by atoms with E-state index >= 15 is 0 Å². The molecule has 1 aromatic carbocycles. The molecule has 5 heteroatoms. The Kier molecular flexibility index (Phi) is 3.69. The first-order valence-electron chi connectivity index (χ1n) is 5.53. The van der Waals surface area contributed by atoms with Crippen LogP contribution in [0.25, 0.3) is 0 Å². The number of hydrogen-bond donors (Lipinski definition) is 1. The number of benzene rings is 1. The summed E-state index contributed by atoms with van der Waals surface area (Å²) >= 11 is 0. The minimum atomic E-state index is -4.29. The Bertz CT molecular complexity index is 374. The van der Waals surface area contributed by atoms with Gasteiger partial charge in [0.15, 0.2) is 0 Å². The first-order chi connectivity index (χ1) is 8.05. The van der Waals surface area contributed by atoms with E-state index in [1.807, 2.05) is 0 Å². The average molecular weight is 245 g/mol. The van der Waals surface area contributed by atoms with Gasteiger partial charge >= 0.3 is 6.18 Å². The molecule has 1 unspecified atom stereocenters. The molecule has 17 heavy (non-hydrogen) atoms. The van der Waals surface area contributed by atoms with E-state index in [-0.39, 0.29) is 6.61 Å². The molecule has 0 aromatic heterocycles. The molecule has 1 aliphatic heterocycles. The smallest absolute Gasteiger partial charge is 0.375 e. The highest BCUT2D eigenvalue weighted by atomic mass is 19.4. The van der Waals surface area contributed by atoms with Gasteiger partial charge in [0, 0.05) is 6.04 Å². The van der Waals surface area contributed by atoms with Crippen LogP contribution < -0.4 is 5.32 Å². The van der Waals surface area contributed by atoms with Crippen molar-refractivity contribution in [3.63, 3.8) is 0 Å². The lowest BCUT2D eigenvalue weighted by atomic mass is 10.1. The van der Waals surface area contributed by atoms with Crippen molar-refractivity contribution in [2.24, 2.45) is 0 Å². The second-order valence-electron chi connectivity index (χ2n) is 4.15. The molecule has 1 saturated heterocycles. The van der Waals surface area contributed by atoms with Crippen LogP contribution in [0.5, 0.6) is 0 Å². The highest BCUT2D eigenvalue weighted by Gasteiger charge is 2.30. The fourth-order valence-corrected chi connectivity index (χ4v) is 1.65. The summed E-state index contributed by atoms with van der Waals surface area (Å²) < 4.78 is 42.7. The molecule has 1 aromatic rings. The lowest BCUT2D eigenvalue weighted by Crippen LogP contribution is -2.45. The van der Waals surface area contributed by atoms with Gasteiger partial charge in [0.1, 0.15) is 0 Å². The zero-order valence-corrected chi connectivity index (χ0v) is 9.26. The average Bonchev–Trinajstić information content (AvgIpc) is 2.21. The van der Waals surface area contributed by atoms with Crippen molar-refractivity contribution in [1.29, 1.82) is 0 Å². The third kappa shape index (κ3) is 3.44. The van der Waals surface area contributed by atoms with E-state index in [2.05, 4.69) is 5.32 Å². The summed E-state index contributed by atoms with van der Waals surface area (Å²) in [6.45, 7) is 1.77. The van der Waals surface area contributed by atoms with Crippen LogP contribution in [0.2, 0.25) is 0 Å². The molecule has 0 amide bonds. The zero-order valence-electron chi connectivity index (χ0n) is 9.26. The normalized spacial score (nSPS) is 20.1. The van der Waals surface area contributed by atoms with Crippen molar-refractivity contribution >= 4 is 0 Å².